The van der Waals surface area contributed by atoms with Gasteiger partial charge in [-0.3, -0.25) is 0 Å². The van der Waals surface area contributed by atoms with Crippen molar-refractivity contribution in [3.05, 3.63) is 59.5 Å². The van der Waals surface area contributed by atoms with Crippen molar-refractivity contribution in [2.24, 2.45) is 0 Å². The Hall–Kier alpha value is -2.62. The molecule has 0 aliphatic rings. The standard InChI is InChI=1S/C19H19FN2O/c1-4-23-18-11-14-7-8-21-19(16(14)10-13(18)3)22-15-5-6-17(20)12(2)9-15/h5-11H,4H2,1-3H3,(H,21,22). The maximum absolute atomic E-state index is 13.4. The minimum Gasteiger partial charge on any atom is -0.494 e. The average Bonchev–Trinajstić information content (AvgIpc) is 2.53. The Kier molecular flexibility index (Phi) is 4.15. The molecular weight excluding hydrogens is 291 g/mol. The van der Waals surface area contributed by atoms with Crippen molar-refractivity contribution in [3.8, 4) is 5.75 Å². The molecule has 23 heavy (non-hydrogen) atoms. The van der Waals surface area contributed by atoms with E-state index in [4.69, 9.17) is 4.74 Å². The maximum atomic E-state index is 13.4. The van der Waals surface area contributed by atoms with Gasteiger partial charge in [0, 0.05) is 17.3 Å². The Morgan fingerprint density at radius 1 is 1.09 bits per heavy atom. The fraction of sp³-hybridized carbons (Fsp3) is 0.211. The van der Waals surface area contributed by atoms with Crippen LogP contribution in [0.3, 0.4) is 0 Å². The number of nitrogens with one attached hydrogen (secondary N) is 1. The van der Waals surface area contributed by atoms with Gasteiger partial charge in [-0.15, -0.1) is 0 Å². The van der Waals surface area contributed by atoms with E-state index < -0.39 is 0 Å². The number of halogens is 1. The highest BCUT2D eigenvalue weighted by Gasteiger charge is 2.08. The minimum absolute atomic E-state index is 0.210. The quantitative estimate of drug-likeness (QED) is 0.725. The molecule has 0 saturated carbocycles. The number of ether oxygens (including phenoxy) is 1. The van der Waals surface area contributed by atoms with Crippen LogP contribution >= 0.6 is 0 Å². The van der Waals surface area contributed by atoms with E-state index in [1.807, 2.05) is 26.0 Å². The molecule has 3 rings (SSSR count). The van der Waals surface area contributed by atoms with Crippen LogP contribution in [0.25, 0.3) is 10.8 Å². The van der Waals surface area contributed by atoms with Gasteiger partial charge in [0.25, 0.3) is 0 Å². The van der Waals surface area contributed by atoms with Crippen molar-refractivity contribution < 1.29 is 9.13 Å². The van der Waals surface area contributed by atoms with Gasteiger partial charge in [-0.1, -0.05) is 0 Å². The molecule has 0 fully saturated rings. The Bertz CT molecular complexity index is 861. The lowest BCUT2D eigenvalue weighted by atomic mass is 10.1. The van der Waals surface area contributed by atoms with Gasteiger partial charge in [-0.2, -0.15) is 0 Å². The zero-order chi connectivity index (χ0) is 16.4. The van der Waals surface area contributed by atoms with Crippen LogP contribution in [0, 0.1) is 19.7 Å². The van der Waals surface area contributed by atoms with E-state index >= 15 is 0 Å². The summed E-state index contributed by atoms with van der Waals surface area (Å²) < 4.78 is 19.1. The predicted octanol–water partition coefficient (Wildman–Crippen LogP) is 5.13. The van der Waals surface area contributed by atoms with Crippen LogP contribution in [0.1, 0.15) is 18.1 Å². The fourth-order valence-electron chi connectivity index (χ4n) is 2.58. The van der Waals surface area contributed by atoms with Crippen LogP contribution in [0.15, 0.2) is 42.6 Å². The van der Waals surface area contributed by atoms with Crippen molar-refractivity contribution in [1.82, 2.24) is 4.98 Å². The second-order valence-electron chi connectivity index (χ2n) is 5.52. The summed E-state index contributed by atoms with van der Waals surface area (Å²) in [6.07, 6.45) is 1.76. The normalized spacial score (nSPS) is 10.8. The fourth-order valence-corrected chi connectivity index (χ4v) is 2.58. The van der Waals surface area contributed by atoms with E-state index in [-0.39, 0.29) is 5.82 Å². The highest BCUT2D eigenvalue weighted by Crippen LogP contribution is 2.30. The molecule has 3 aromatic rings. The molecule has 0 spiro atoms. The molecule has 4 heteroatoms. The van der Waals surface area contributed by atoms with Gasteiger partial charge >= 0.3 is 0 Å². The number of hydrogen-bond donors (Lipinski definition) is 1. The summed E-state index contributed by atoms with van der Waals surface area (Å²) in [7, 11) is 0. The maximum Gasteiger partial charge on any atom is 0.138 e. The molecule has 0 saturated heterocycles. The second kappa shape index (κ2) is 6.24. The molecule has 0 radical (unpaired) electrons. The molecule has 118 valence electrons. The SMILES string of the molecule is CCOc1cc2ccnc(Nc3ccc(F)c(C)c3)c2cc1C. The van der Waals surface area contributed by atoms with Gasteiger partial charge in [0.05, 0.1) is 6.61 Å². The molecule has 0 bridgehead atoms. The van der Waals surface area contributed by atoms with Crippen LogP contribution in [-0.4, -0.2) is 11.6 Å². The zero-order valence-corrected chi connectivity index (χ0v) is 13.5. The number of fused-ring (bicyclic) bond motifs is 1. The zero-order valence-electron chi connectivity index (χ0n) is 13.5. The number of aryl methyl sites for hydroxylation is 2. The third-order valence-corrected chi connectivity index (χ3v) is 3.78. The summed E-state index contributed by atoms with van der Waals surface area (Å²) in [5.41, 5.74) is 2.48. The third-order valence-electron chi connectivity index (χ3n) is 3.78. The predicted molar refractivity (Wildman–Crippen MR) is 92.1 cm³/mol. The Balaban J connectivity index is 2.03. The van der Waals surface area contributed by atoms with E-state index in [1.165, 1.54) is 6.07 Å². The molecule has 1 aromatic heterocycles. The lowest BCUT2D eigenvalue weighted by molar-refractivity contribution is 0.338. The van der Waals surface area contributed by atoms with Crippen LogP contribution in [0.5, 0.6) is 5.75 Å². The molecule has 2 aromatic carbocycles. The molecule has 1 N–H and O–H groups in total. The Morgan fingerprint density at radius 3 is 2.65 bits per heavy atom. The van der Waals surface area contributed by atoms with E-state index in [2.05, 4.69) is 16.4 Å². The molecule has 1 heterocycles. The highest BCUT2D eigenvalue weighted by molar-refractivity contribution is 5.94. The third kappa shape index (κ3) is 3.11. The van der Waals surface area contributed by atoms with Gasteiger partial charge < -0.3 is 10.1 Å². The van der Waals surface area contributed by atoms with Crippen molar-refractivity contribution in [3.63, 3.8) is 0 Å². The van der Waals surface area contributed by atoms with E-state index in [0.29, 0.717) is 12.2 Å². The summed E-state index contributed by atoms with van der Waals surface area (Å²) in [5, 5.41) is 5.34. The first-order chi connectivity index (χ1) is 11.1. The number of aromatic nitrogens is 1. The average molecular weight is 310 g/mol. The summed E-state index contributed by atoms with van der Waals surface area (Å²) in [6.45, 7) is 6.37. The van der Waals surface area contributed by atoms with Crippen LogP contribution in [-0.2, 0) is 0 Å². The summed E-state index contributed by atoms with van der Waals surface area (Å²) in [5.74, 6) is 1.42. The summed E-state index contributed by atoms with van der Waals surface area (Å²) in [4.78, 5) is 4.43. The van der Waals surface area contributed by atoms with Crippen molar-refractivity contribution in [1.29, 1.82) is 0 Å². The first-order valence-corrected chi connectivity index (χ1v) is 7.64. The summed E-state index contributed by atoms with van der Waals surface area (Å²) >= 11 is 0. The van der Waals surface area contributed by atoms with Crippen molar-refractivity contribution in [2.45, 2.75) is 20.8 Å². The van der Waals surface area contributed by atoms with Gasteiger partial charge in [0.15, 0.2) is 0 Å². The number of pyridine rings is 1. The highest BCUT2D eigenvalue weighted by atomic mass is 19.1. The number of anilines is 2. The largest absolute Gasteiger partial charge is 0.494 e. The topological polar surface area (TPSA) is 34.1 Å². The monoisotopic (exact) mass is 310 g/mol. The van der Waals surface area contributed by atoms with Gasteiger partial charge in [0.1, 0.15) is 17.4 Å². The molecule has 3 nitrogen and oxygen atoms in total. The lowest BCUT2D eigenvalue weighted by Crippen LogP contribution is -1.98. The van der Waals surface area contributed by atoms with Crippen LogP contribution in [0.2, 0.25) is 0 Å². The molecule has 0 atom stereocenters. The van der Waals surface area contributed by atoms with Gasteiger partial charge in [-0.05, 0) is 73.7 Å². The number of benzene rings is 2. The Morgan fingerprint density at radius 2 is 1.91 bits per heavy atom. The molecule has 0 aliphatic heterocycles. The van der Waals surface area contributed by atoms with E-state index in [0.717, 1.165) is 33.6 Å². The number of nitrogens with zero attached hydrogens (tertiary/aromatic N) is 1. The van der Waals surface area contributed by atoms with E-state index in [1.54, 1.807) is 25.3 Å². The van der Waals surface area contributed by atoms with E-state index in [9.17, 15) is 4.39 Å². The van der Waals surface area contributed by atoms with Crippen LogP contribution in [0.4, 0.5) is 15.9 Å². The smallest absolute Gasteiger partial charge is 0.138 e. The number of hydrogen-bond acceptors (Lipinski definition) is 3. The number of rotatable bonds is 4. The van der Waals surface area contributed by atoms with Crippen molar-refractivity contribution in [2.75, 3.05) is 11.9 Å². The van der Waals surface area contributed by atoms with Gasteiger partial charge in [-0.25, -0.2) is 9.37 Å². The first kappa shape index (κ1) is 15.3. The first-order valence-electron chi connectivity index (χ1n) is 7.64. The molecular formula is C19H19FN2O. The molecule has 0 aliphatic carbocycles. The summed E-state index contributed by atoms with van der Waals surface area (Å²) in [6, 6.07) is 11.0. The van der Waals surface area contributed by atoms with Crippen molar-refractivity contribution >= 4 is 22.3 Å². The minimum atomic E-state index is -0.210. The lowest BCUT2D eigenvalue weighted by Gasteiger charge is -2.13. The molecule has 0 amide bonds. The Labute approximate surface area is 135 Å². The second-order valence-corrected chi connectivity index (χ2v) is 5.52. The van der Waals surface area contributed by atoms with Crippen LogP contribution < -0.4 is 10.1 Å². The van der Waals surface area contributed by atoms with Gasteiger partial charge in [0.2, 0.25) is 0 Å². The molecule has 0 unspecified atom stereocenters.